The van der Waals surface area contributed by atoms with Gasteiger partial charge in [-0.05, 0) is 36.8 Å². The van der Waals surface area contributed by atoms with E-state index in [4.69, 9.17) is 4.74 Å². The second-order valence-electron chi connectivity index (χ2n) is 5.80. The molecule has 3 rings (SSSR count). The number of nitrogens with zero attached hydrogens (tertiary/aromatic N) is 1. The van der Waals surface area contributed by atoms with Crippen molar-refractivity contribution >= 4 is 22.5 Å². The van der Waals surface area contributed by atoms with Gasteiger partial charge in [0.1, 0.15) is 5.75 Å². The van der Waals surface area contributed by atoms with Gasteiger partial charge in [-0.3, -0.25) is 9.59 Å². The van der Waals surface area contributed by atoms with Crippen molar-refractivity contribution in [1.82, 2.24) is 9.97 Å². The van der Waals surface area contributed by atoms with Gasteiger partial charge in [0.25, 0.3) is 5.56 Å². The highest BCUT2D eigenvalue weighted by Crippen LogP contribution is 2.16. The van der Waals surface area contributed by atoms with E-state index in [1.54, 1.807) is 18.2 Å². The molecule has 0 spiro atoms. The quantitative estimate of drug-likeness (QED) is 0.724. The monoisotopic (exact) mass is 337 g/mol. The van der Waals surface area contributed by atoms with E-state index in [-0.39, 0.29) is 17.4 Å². The first-order valence-electron chi connectivity index (χ1n) is 8.09. The third kappa shape index (κ3) is 4.23. The molecule has 0 radical (unpaired) electrons. The van der Waals surface area contributed by atoms with Gasteiger partial charge < -0.3 is 15.0 Å². The molecule has 0 aliphatic heterocycles. The molecular weight excluding hydrogens is 318 g/mol. The van der Waals surface area contributed by atoms with E-state index < -0.39 is 0 Å². The van der Waals surface area contributed by atoms with Crippen molar-refractivity contribution in [3.63, 3.8) is 0 Å². The average Bonchev–Trinajstić information content (AvgIpc) is 2.63. The Morgan fingerprint density at radius 3 is 2.84 bits per heavy atom. The van der Waals surface area contributed by atoms with Crippen LogP contribution in [0.5, 0.6) is 5.75 Å². The number of rotatable bonds is 6. The first kappa shape index (κ1) is 16.7. The number of benzene rings is 2. The highest BCUT2D eigenvalue weighted by Gasteiger charge is 2.14. The van der Waals surface area contributed by atoms with Gasteiger partial charge in [0.05, 0.1) is 23.8 Å². The van der Waals surface area contributed by atoms with E-state index in [0.717, 1.165) is 5.75 Å². The lowest BCUT2D eigenvalue weighted by Gasteiger charge is -2.13. The zero-order chi connectivity index (χ0) is 17.6. The summed E-state index contributed by atoms with van der Waals surface area (Å²) < 4.78 is 5.62. The van der Waals surface area contributed by atoms with Crippen molar-refractivity contribution in [2.75, 3.05) is 11.9 Å². The second-order valence-corrected chi connectivity index (χ2v) is 5.80. The number of H-pyrrole nitrogens is 1. The number of carbonyl (C=O) groups is 1. The van der Waals surface area contributed by atoms with Crippen LogP contribution in [0.3, 0.4) is 0 Å². The summed E-state index contributed by atoms with van der Waals surface area (Å²) in [6.07, 6.45) is 1.95. The maximum atomic E-state index is 12.3. The van der Waals surface area contributed by atoms with Gasteiger partial charge in [-0.2, -0.15) is 0 Å². The maximum absolute atomic E-state index is 12.3. The molecule has 6 heteroatoms. The van der Waals surface area contributed by atoms with Gasteiger partial charge in [0.15, 0.2) is 0 Å². The molecule has 2 N–H and O–H groups in total. The Balaban J connectivity index is 1.58. The number of amides is 1. The Morgan fingerprint density at radius 2 is 2.04 bits per heavy atom. The zero-order valence-corrected chi connectivity index (χ0v) is 13.9. The van der Waals surface area contributed by atoms with Crippen LogP contribution >= 0.6 is 0 Å². The molecule has 0 unspecified atom stereocenters. The van der Waals surface area contributed by atoms with Crippen LogP contribution in [-0.4, -0.2) is 22.5 Å². The number of para-hydroxylation sites is 1. The normalized spacial score (nSPS) is 11.9. The Morgan fingerprint density at radius 1 is 1.24 bits per heavy atom. The molecule has 0 aliphatic rings. The van der Waals surface area contributed by atoms with Crippen LogP contribution in [0.1, 0.15) is 13.3 Å². The Kier molecular flexibility index (Phi) is 5.09. The van der Waals surface area contributed by atoms with Crippen molar-refractivity contribution in [3.8, 4) is 5.75 Å². The lowest BCUT2D eigenvalue weighted by Crippen LogP contribution is -2.22. The number of ether oxygens (including phenoxy) is 1. The van der Waals surface area contributed by atoms with Gasteiger partial charge in [-0.1, -0.05) is 25.1 Å². The lowest BCUT2D eigenvalue weighted by molar-refractivity contribution is -0.119. The lowest BCUT2D eigenvalue weighted by atomic mass is 10.1. The number of aromatic nitrogens is 2. The van der Waals surface area contributed by atoms with Gasteiger partial charge in [-0.25, -0.2) is 4.98 Å². The van der Waals surface area contributed by atoms with Crippen molar-refractivity contribution in [3.05, 3.63) is 65.2 Å². The minimum absolute atomic E-state index is 0.115. The third-order valence-electron chi connectivity index (χ3n) is 3.92. The SMILES string of the molecule is C[C@@H](CCOc1ccccc1)C(=O)Nc1ccc2nc[nH]c(=O)c2c1. The molecule has 6 nitrogen and oxygen atoms in total. The van der Waals surface area contributed by atoms with Crippen LogP contribution in [0.15, 0.2) is 59.7 Å². The summed E-state index contributed by atoms with van der Waals surface area (Å²) in [5, 5.41) is 3.28. The first-order valence-corrected chi connectivity index (χ1v) is 8.09. The molecule has 1 heterocycles. The average molecular weight is 337 g/mol. The first-order chi connectivity index (χ1) is 12.1. The summed E-state index contributed by atoms with van der Waals surface area (Å²) in [4.78, 5) is 30.7. The fourth-order valence-electron chi connectivity index (χ4n) is 2.41. The molecule has 0 bridgehead atoms. The summed E-state index contributed by atoms with van der Waals surface area (Å²) in [6.45, 7) is 2.30. The number of carbonyl (C=O) groups excluding carboxylic acids is 1. The zero-order valence-electron chi connectivity index (χ0n) is 13.9. The molecule has 2 aromatic carbocycles. The largest absolute Gasteiger partial charge is 0.494 e. The minimum Gasteiger partial charge on any atom is -0.494 e. The molecule has 25 heavy (non-hydrogen) atoms. The number of anilines is 1. The summed E-state index contributed by atoms with van der Waals surface area (Å²) >= 11 is 0. The van der Waals surface area contributed by atoms with Crippen LogP contribution in [0.2, 0.25) is 0 Å². The molecule has 3 aromatic rings. The molecular formula is C19H19N3O3. The Labute approximate surface area is 144 Å². The van der Waals surface area contributed by atoms with E-state index in [2.05, 4.69) is 15.3 Å². The van der Waals surface area contributed by atoms with Crippen LogP contribution in [0.4, 0.5) is 5.69 Å². The van der Waals surface area contributed by atoms with Crippen molar-refractivity contribution in [1.29, 1.82) is 0 Å². The van der Waals surface area contributed by atoms with Crippen LogP contribution in [-0.2, 0) is 4.79 Å². The predicted molar refractivity (Wildman–Crippen MR) is 96.7 cm³/mol. The molecule has 1 aromatic heterocycles. The standard InChI is InChI=1S/C19H19N3O3/c1-13(9-10-25-15-5-3-2-4-6-15)18(23)22-14-7-8-17-16(11-14)19(24)21-12-20-17/h2-8,11-13H,9-10H2,1H3,(H,22,23)(H,20,21,24)/t13-/m0/s1. The van der Waals surface area contributed by atoms with Crippen LogP contribution in [0.25, 0.3) is 10.9 Å². The number of fused-ring (bicyclic) bond motifs is 1. The number of hydrogen-bond acceptors (Lipinski definition) is 4. The molecule has 128 valence electrons. The third-order valence-corrected chi connectivity index (χ3v) is 3.92. The summed E-state index contributed by atoms with van der Waals surface area (Å²) in [7, 11) is 0. The van der Waals surface area contributed by atoms with Crippen LogP contribution < -0.4 is 15.6 Å². The molecule has 0 saturated heterocycles. The summed E-state index contributed by atoms with van der Waals surface area (Å²) in [5.41, 5.74) is 0.934. The van der Waals surface area contributed by atoms with Gasteiger partial charge in [0, 0.05) is 11.6 Å². The molecule has 0 saturated carbocycles. The highest BCUT2D eigenvalue weighted by atomic mass is 16.5. The Hall–Kier alpha value is -3.15. The number of nitrogens with one attached hydrogen (secondary N) is 2. The van der Waals surface area contributed by atoms with E-state index in [1.807, 2.05) is 37.3 Å². The minimum atomic E-state index is -0.231. The fraction of sp³-hybridized carbons (Fsp3) is 0.211. The molecule has 1 amide bonds. The summed E-state index contributed by atoms with van der Waals surface area (Å²) in [5.74, 6) is 0.458. The summed E-state index contributed by atoms with van der Waals surface area (Å²) in [6, 6.07) is 14.6. The topological polar surface area (TPSA) is 84.1 Å². The highest BCUT2D eigenvalue weighted by molar-refractivity contribution is 5.94. The van der Waals surface area contributed by atoms with Gasteiger partial charge in [-0.15, -0.1) is 0 Å². The van der Waals surface area contributed by atoms with Gasteiger partial charge >= 0.3 is 0 Å². The van der Waals surface area contributed by atoms with Crippen molar-refractivity contribution in [2.24, 2.45) is 5.92 Å². The van der Waals surface area contributed by atoms with Crippen molar-refractivity contribution < 1.29 is 9.53 Å². The Bertz CT molecular complexity index is 922. The smallest absolute Gasteiger partial charge is 0.258 e. The maximum Gasteiger partial charge on any atom is 0.258 e. The second kappa shape index (κ2) is 7.61. The van der Waals surface area contributed by atoms with E-state index in [1.165, 1.54) is 6.33 Å². The fourth-order valence-corrected chi connectivity index (χ4v) is 2.41. The van der Waals surface area contributed by atoms with Crippen LogP contribution in [0, 0.1) is 5.92 Å². The van der Waals surface area contributed by atoms with E-state index in [9.17, 15) is 9.59 Å². The number of aromatic amines is 1. The molecule has 0 fully saturated rings. The number of hydrogen-bond donors (Lipinski definition) is 2. The molecule has 1 atom stereocenters. The predicted octanol–water partition coefficient (Wildman–Crippen LogP) is 2.97. The molecule has 0 aliphatic carbocycles. The van der Waals surface area contributed by atoms with Gasteiger partial charge in [0.2, 0.25) is 5.91 Å². The van der Waals surface area contributed by atoms with Crippen molar-refractivity contribution in [2.45, 2.75) is 13.3 Å². The van der Waals surface area contributed by atoms with E-state index in [0.29, 0.717) is 29.6 Å². The van der Waals surface area contributed by atoms with E-state index >= 15 is 0 Å².